The lowest BCUT2D eigenvalue weighted by atomic mass is 10.1. The summed E-state index contributed by atoms with van der Waals surface area (Å²) in [6.07, 6.45) is 0.618. The highest BCUT2D eigenvalue weighted by molar-refractivity contribution is 7.99. The summed E-state index contributed by atoms with van der Waals surface area (Å²) in [7, 11) is 6.17. The molecule has 1 heterocycles. The molecule has 1 aliphatic rings. The maximum absolute atomic E-state index is 12.4. The first-order valence-corrected chi connectivity index (χ1v) is 8.85. The smallest absolute Gasteiger partial charge is 0.223 e. The summed E-state index contributed by atoms with van der Waals surface area (Å²) in [6, 6.07) is 10.7. The fraction of sp³-hybridized carbons (Fsp3) is 0.588. The molecule has 1 aromatic carbocycles. The number of rotatable bonds is 6. The van der Waals surface area contributed by atoms with Crippen LogP contribution in [-0.2, 0) is 4.79 Å². The zero-order chi connectivity index (χ0) is 15.9. The van der Waals surface area contributed by atoms with E-state index in [0.717, 1.165) is 31.9 Å². The summed E-state index contributed by atoms with van der Waals surface area (Å²) in [6.45, 7) is 3.91. The number of thioether (sulfide) groups is 1. The molecule has 1 amide bonds. The Bertz CT molecular complexity index is 468. The van der Waals surface area contributed by atoms with Crippen molar-refractivity contribution in [3.63, 3.8) is 0 Å². The molecule has 0 radical (unpaired) electrons. The highest BCUT2D eigenvalue weighted by Crippen LogP contribution is 2.17. The number of likely N-dealkylation sites (N-methyl/N-ethyl adjacent to an activating group) is 2. The van der Waals surface area contributed by atoms with E-state index >= 15 is 0 Å². The molecular formula is C17H27N3OS. The van der Waals surface area contributed by atoms with Crippen LogP contribution in [0.3, 0.4) is 0 Å². The third-order valence-corrected chi connectivity index (χ3v) is 5.25. The Balaban J connectivity index is 1.72. The lowest BCUT2D eigenvalue weighted by molar-refractivity contribution is -0.131. The molecule has 1 saturated heterocycles. The first-order valence-electron chi connectivity index (χ1n) is 7.87. The van der Waals surface area contributed by atoms with Gasteiger partial charge in [0, 0.05) is 56.3 Å². The number of benzene rings is 1. The van der Waals surface area contributed by atoms with Crippen molar-refractivity contribution in [2.75, 3.05) is 53.1 Å². The zero-order valence-electron chi connectivity index (χ0n) is 13.9. The average Bonchev–Trinajstić information content (AvgIpc) is 2.52. The van der Waals surface area contributed by atoms with Gasteiger partial charge in [-0.15, -0.1) is 11.8 Å². The van der Waals surface area contributed by atoms with Gasteiger partial charge in [0.1, 0.15) is 0 Å². The zero-order valence-corrected chi connectivity index (χ0v) is 14.7. The summed E-state index contributed by atoms with van der Waals surface area (Å²) in [5.41, 5.74) is 0. The van der Waals surface area contributed by atoms with Crippen LogP contribution in [0.25, 0.3) is 0 Å². The Labute approximate surface area is 138 Å². The van der Waals surface area contributed by atoms with Crippen molar-refractivity contribution in [2.45, 2.75) is 17.4 Å². The standard InChI is InChI=1S/C17H27N3OS/c1-18-9-10-19(2)15(14-18)13-17(21)20(3)11-12-22-16-7-5-4-6-8-16/h4-8,15H,9-14H2,1-3H3/t15-/m0/s1. The van der Waals surface area contributed by atoms with E-state index in [1.807, 2.05) is 30.1 Å². The van der Waals surface area contributed by atoms with Crippen LogP contribution in [0, 0.1) is 0 Å². The van der Waals surface area contributed by atoms with E-state index in [9.17, 15) is 4.79 Å². The molecule has 0 bridgehead atoms. The lowest BCUT2D eigenvalue weighted by Crippen LogP contribution is -2.51. The van der Waals surface area contributed by atoms with Crippen LogP contribution in [0.15, 0.2) is 35.2 Å². The topological polar surface area (TPSA) is 26.8 Å². The Hall–Kier alpha value is -1.04. The van der Waals surface area contributed by atoms with Crippen molar-refractivity contribution in [1.29, 1.82) is 0 Å². The number of amides is 1. The minimum Gasteiger partial charge on any atom is -0.345 e. The average molecular weight is 321 g/mol. The molecule has 1 fully saturated rings. The van der Waals surface area contributed by atoms with Crippen molar-refractivity contribution in [2.24, 2.45) is 0 Å². The minimum atomic E-state index is 0.251. The van der Waals surface area contributed by atoms with Crippen LogP contribution < -0.4 is 0 Å². The summed E-state index contributed by atoms with van der Waals surface area (Å²) in [5.74, 6) is 1.19. The van der Waals surface area contributed by atoms with E-state index in [1.54, 1.807) is 11.8 Å². The van der Waals surface area contributed by atoms with E-state index in [2.05, 4.69) is 36.0 Å². The van der Waals surface area contributed by atoms with Crippen LogP contribution >= 0.6 is 11.8 Å². The van der Waals surface area contributed by atoms with Crippen molar-refractivity contribution in [1.82, 2.24) is 14.7 Å². The van der Waals surface area contributed by atoms with Crippen molar-refractivity contribution in [3.05, 3.63) is 30.3 Å². The van der Waals surface area contributed by atoms with Crippen LogP contribution in [0.5, 0.6) is 0 Å². The normalized spacial score (nSPS) is 20.0. The first-order chi connectivity index (χ1) is 10.6. The maximum Gasteiger partial charge on any atom is 0.223 e. The van der Waals surface area contributed by atoms with Crippen LogP contribution in [0.2, 0.25) is 0 Å². The molecule has 22 heavy (non-hydrogen) atoms. The molecule has 122 valence electrons. The molecule has 4 nitrogen and oxygen atoms in total. The van der Waals surface area contributed by atoms with Gasteiger partial charge in [-0.05, 0) is 26.2 Å². The lowest BCUT2D eigenvalue weighted by Gasteiger charge is -2.38. The molecule has 0 aromatic heterocycles. The predicted molar refractivity (Wildman–Crippen MR) is 93.3 cm³/mol. The highest BCUT2D eigenvalue weighted by Gasteiger charge is 2.25. The van der Waals surface area contributed by atoms with Crippen LogP contribution in [0.1, 0.15) is 6.42 Å². The fourth-order valence-electron chi connectivity index (χ4n) is 2.62. The Kier molecular flexibility index (Phi) is 6.73. The van der Waals surface area contributed by atoms with E-state index in [0.29, 0.717) is 12.5 Å². The molecule has 1 atom stereocenters. The van der Waals surface area contributed by atoms with E-state index in [-0.39, 0.29) is 5.91 Å². The van der Waals surface area contributed by atoms with Gasteiger partial charge < -0.3 is 14.7 Å². The second-order valence-electron chi connectivity index (χ2n) is 6.08. The van der Waals surface area contributed by atoms with Gasteiger partial charge in [0.15, 0.2) is 0 Å². The third-order valence-electron chi connectivity index (χ3n) is 4.25. The van der Waals surface area contributed by atoms with Gasteiger partial charge in [-0.3, -0.25) is 4.79 Å². The summed E-state index contributed by atoms with van der Waals surface area (Å²) >= 11 is 1.80. The number of carbonyl (C=O) groups is 1. The summed E-state index contributed by atoms with van der Waals surface area (Å²) in [5, 5.41) is 0. The molecule has 1 aromatic rings. The van der Waals surface area contributed by atoms with E-state index < -0.39 is 0 Å². The van der Waals surface area contributed by atoms with Crippen LogP contribution in [0.4, 0.5) is 0 Å². The van der Waals surface area contributed by atoms with Gasteiger partial charge in [-0.25, -0.2) is 0 Å². The van der Waals surface area contributed by atoms with Crippen LogP contribution in [-0.4, -0.2) is 79.7 Å². The number of nitrogens with zero attached hydrogens (tertiary/aromatic N) is 3. The monoisotopic (exact) mass is 321 g/mol. The van der Waals surface area contributed by atoms with Gasteiger partial charge in [0.05, 0.1) is 0 Å². The molecular weight excluding hydrogens is 294 g/mol. The van der Waals surface area contributed by atoms with Gasteiger partial charge in [-0.1, -0.05) is 18.2 Å². The largest absolute Gasteiger partial charge is 0.345 e. The SMILES string of the molecule is CN1CCN(C)[C@@H](CC(=O)N(C)CCSc2ccccc2)C1. The Morgan fingerprint density at radius 1 is 1.27 bits per heavy atom. The maximum atomic E-state index is 12.4. The number of hydrogen-bond donors (Lipinski definition) is 0. The Morgan fingerprint density at radius 2 is 2.00 bits per heavy atom. The molecule has 0 saturated carbocycles. The summed E-state index contributed by atoms with van der Waals surface area (Å²) < 4.78 is 0. The quantitative estimate of drug-likeness (QED) is 0.748. The van der Waals surface area contributed by atoms with Gasteiger partial charge in [0.2, 0.25) is 5.91 Å². The highest BCUT2D eigenvalue weighted by atomic mass is 32.2. The number of hydrogen-bond acceptors (Lipinski definition) is 4. The molecule has 1 aliphatic heterocycles. The van der Waals surface area contributed by atoms with Gasteiger partial charge in [-0.2, -0.15) is 0 Å². The molecule has 0 aliphatic carbocycles. The molecule has 0 unspecified atom stereocenters. The molecule has 2 rings (SSSR count). The minimum absolute atomic E-state index is 0.251. The van der Waals surface area contributed by atoms with Crippen molar-refractivity contribution < 1.29 is 4.79 Å². The van der Waals surface area contributed by atoms with Crippen molar-refractivity contribution in [3.8, 4) is 0 Å². The van der Waals surface area contributed by atoms with Gasteiger partial charge in [0.25, 0.3) is 0 Å². The summed E-state index contributed by atoms with van der Waals surface area (Å²) in [4.78, 5) is 20.1. The molecule has 0 spiro atoms. The van der Waals surface area contributed by atoms with E-state index in [4.69, 9.17) is 0 Å². The predicted octanol–water partition coefficient (Wildman–Crippen LogP) is 1.87. The van der Waals surface area contributed by atoms with Crippen molar-refractivity contribution >= 4 is 17.7 Å². The Morgan fingerprint density at radius 3 is 2.73 bits per heavy atom. The second-order valence-corrected chi connectivity index (χ2v) is 7.25. The first kappa shape index (κ1) is 17.3. The fourth-order valence-corrected chi connectivity index (χ4v) is 3.57. The van der Waals surface area contributed by atoms with Gasteiger partial charge >= 0.3 is 0 Å². The second kappa shape index (κ2) is 8.56. The third kappa shape index (κ3) is 5.30. The molecule has 0 N–H and O–H groups in total. The number of piperazine rings is 1. The number of carbonyl (C=O) groups excluding carboxylic acids is 1. The molecule has 5 heteroatoms. The van der Waals surface area contributed by atoms with E-state index in [1.165, 1.54) is 4.90 Å².